The third kappa shape index (κ3) is 2.85. The molecule has 1 aromatic heterocycles. The standard InChI is InChI=1S/C13H20N2O3/c1-9(2)15-8-10(14)7-12(15)13(16)18-11-3-5-17-6-4-11/h7-9,11H,3-6,14H2,1-2H3. The maximum absolute atomic E-state index is 12.1. The summed E-state index contributed by atoms with van der Waals surface area (Å²) in [6, 6.07) is 1.85. The van der Waals surface area contributed by atoms with E-state index in [1.54, 1.807) is 12.3 Å². The number of ether oxygens (including phenoxy) is 2. The molecule has 100 valence electrons. The van der Waals surface area contributed by atoms with E-state index in [0.717, 1.165) is 12.8 Å². The Kier molecular flexibility index (Phi) is 3.91. The average molecular weight is 252 g/mol. The third-order valence-electron chi connectivity index (χ3n) is 3.08. The van der Waals surface area contributed by atoms with Crippen LogP contribution in [0.4, 0.5) is 5.69 Å². The number of carbonyl (C=O) groups is 1. The van der Waals surface area contributed by atoms with Gasteiger partial charge in [0.15, 0.2) is 0 Å². The van der Waals surface area contributed by atoms with Crippen LogP contribution in [-0.4, -0.2) is 29.9 Å². The van der Waals surface area contributed by atoms with Crippen LogP contribution in [0.15, 0.2) is 12.3 Å². The van der Waals surface area contributed by atoms with Crippen LogP contribution < -0.4 is 5.73 Å². The molecule has 0 bridgehead atoms. The Bertz CT molecular complexity index is 420. The second kappa shape index (κ2) is 5.44. The first-order valence-electron chi connectivity index (χ1n) is 6.34. The monoisotopic (exact) mass is 252 g/mol. The second-order valence-corrected chi connectivity index (χ2v) is 4.88. The van der Waals surface area contributed by atoms with Crippen LogP contribution in [0.2, 0.25) is 0 Å². The van der Waals surface area contributed by atoms with Gasteiger partial charge in [0, 0.05) is 25.1 Å². The first-order valence-corrected chi connectivity index (χ1v) is 6.34. The number of aromatic nitrogens is 1. The zero-order valence-electron chi connectivity index (χ0n) is 10.9. The molecule has 2 rings (SSSR count). The summed E-state index contributed by atoms with van der Waals surface area (Å²) in [5.74, 6) is -0.299. The third-order valence-corrected chi connectivity index (χ3v) is 3.08. The predicted molar refractivity (Wildman–Crippen MR) is 68.5 cm³/mol. The number of hydrogen-bond donors (Lipinski definition) is 1. The highest BCUT2D eigenvalue weighted by Crippen LogP contribution is 2.19. The lowest BCUT2D eigenvalue weighted by Crippen LogP contribution is -2.27. The zero-order valence-corrected chi connectivity index (χ0v) is 10.9. The van der Waals surface area contributed by atoms with Crippen molar-refractivity contribution in [3.05, 3.63) is 18.0 Å². The fraction of sp³-hybridized carbons (Fsp3) is 0.615. The molecular formula is C13H20N2O3. The van der Waals surface area contributed by atoms with Crippen molar-refractivity contribution in [2.45, 2.75) is 38.8 Å². The van der Waals surface area contributed by atoms with Crippen LogP contribution in [0.3, 0.4) is 0 Å². The highest BCUT2D eigenvalue weighted by molar-refractivity contribution is 5.89. The van der Waals surface area contributed by atoms with Gasteiger partial charge >= 0.3 is 5.97 Å². The van der Waals surface area contributed by atoms with Crippen LogP contribution >= 0.6 is 0 Å². The Labute approximate surface area is 107 Å². The summed E-state index contributed by atoms with van der Waals surface area (Å²) < 4.78 is 12.6. The van der Waals surface area contributed by atoms with Gasteiger partial charge in [-0.05, 0) is 19.9 Å². The van der Waals surface area contributed by atoms with Gasteiger partial charge in [0.25, 0.3) is 0 Å². The normalized spacial score (nSPS) is 17.1. The van der Waals surface area contributed by atoms with Gasteiger partial charge in [0.1, 0.15) is 11.8 Å². The van der Waals surface area contributed by atoms with Crippen molar-refractivity contribution in [1.82, 2.24) is 4.57 Å². The van der Waals surface area contributed by atoms with Gasteiger partial charge in [-0.1, -0.05) is 0 Å². The number of carbonyl (C=O) groups excluding carboxylic acids is 1. The van der Waals surface area contributed by atoms with Crippen LogP contribution in [0, 0.1) is 0 Å². The second-order valence-electron chi connectivity index (χ2n) is 4.88. The molecule has 0 spiro atoms. The highest BCUT2D eigenvalue weighted by Gasteiger charge is 2.22. The highest BCUT2D eigenvalue weighted by atomic mass is 16.6. The fourth-order valence-electron chi connectivity index (χ4n) is 2.10. The molecule has 5 nitrogen and oxygen atoms in total. The molecule has 0 amide bonds. The largest absolute Gasteiger partial charge is 0.458 e. The number of esters is 1. The SMILES string of the molecule is CC(C)n1cc(N)cc1C(=O)OC1CCOCC1. The topological polar surface area (TPSA) is 66.5 Å². The van der Waals surface area contributed by atoms with E-state index in [9.17, 15) is 4.79 Å². The molecule has 0 radical (unpaired) electrons. The smallest absolute Gasteiger partial charge is 0.355 e. The number of nitrogens with two attached hydrogens (primary N) is 1. The summed E-state index contributed by atoms with van der Waals surface area (Å²) >= 11 is 0. The number of hydrogen-bond acceptors (Lipinski definition) is 4. The average Bonchev–Trinajstić information content (AvgIpc) is 2.73. The quantitative estimate of drug-likeness (QED) is 0.835. The van der Waals surface area contributed by atoms with Gasteiger partial charge in [-0.15, -0.1) is 0 Å². The summed E-state index contributed by atoms with van der Waals surface area (Å²) in [4.78, 5) is 12.1. The molecule has 1 saturated heterocycles. The molecule has 2 N–H and O–H groups in total. The Morgan fingerprint density at radius 3 is 2.78 bits per heavy atom. The van der Waals surface area contributed by atoms with Crippen molar-refractivity contribution in [1.29, 1.82) is 0 Å². The fourth-order valence-corrected chi connectivity index (χ4v) is 2.10. The lowest BCUT2D eigenvalue weighted by Gasteiger charge is -2.22. The van der Waals surface area contributed by atoms with Crippen LogP contribution in [-0.2, 0) is 9.47 Å². The number of anilines is 1. The number of nitrogens with zero attached hydrogens (tertiary/aromatic N) is 1. The molecule has 0 saturated carbocycles. The minimum absolute atomic E-state index is 0.0389. The maximum atomic E-state index is 12.1. The van der Waals surface area contributed by atoms with E-state index in [4.69, 9.17) is 15.2 Å². The first-order chi connectivity index (χ1) is 8.58. The summed E-state index contributed by atoms with van der Waals surface area (Å²) in [6.45, 7) is 5.33. The van der Waals surface area contributed by atoms with Crippen molar-refractivity contribution in [2.24, 2.45) is 0 Å². The minimum Gasteiger partial charge on any atom is -0.458 e. The Morgan fingerprint density at radius 1 is 1.50 bits per heavy atom. The molecule has 5 heteroatoms. The molecule has 1 aliphatic rings. The zero-order chi connectivity index (χ0) is 13.1. The molecule has 18 heavy (non-hydrogen) atoms. The van der Waals surface area contributed by atoms with Crippen molar-refractivity contribution in [3.63, 3.8) is 0 Å². The van der Waals surface area contributed by atoms with Crippen molar-refractivity contribution in [3.8, 4) is 0 Å². The predicted octanol–water partition coefficient (Wildman–Crippen LogP) is 1.99. The van der Waals surface area contributed by atoms with Gasteiger partial charge in [-0.25, -0.2) is 4.79 Å². The van der Waals surface area contributed by atoms with E-state index < -0.39 is 0 Å². The van der Waals surface area contributed by atoms with E-state index >= 15 is 0 Å². The maximum Gasteiger partial charge on any atom is 0.355 e. The van der Waals surface area contributed by atoms with Crippen LogP contribution in [0.1, 0.15) is 43.2 Å². The molecule has 1 fully saturated rings. The van der Waals surface area contributed by atoms with Gasteiger partial charge < -0.3 is 19.8 Å². The molecule has 0 aromatic carbocycles. The Morgan fingerprint density at radius 2 is 2.17 bits per heavy atom. The van der Waals surface area contributed by atoms with Gasteiger partial charge in [-0.2, -0.15) is 0 Å². The molecule has 0 aliphatic carbocycles. The lowest BCUT2D eigenvalue weighted by molar-refractivity contribution is -0.0167. The molecule has 0 unspecified atom stereocenters. The number of nitrogen functional groups attached to an aromatic ring is 1. The molecule has 1 aliphatic heterocycles. The van der Waals surface area contributed by atoms with Crippen LogP contribution in [0.25, 0.3) is 0 Å². The summed E-state index contributed by atoms with van der Waals surface area (Å²) in [7, 11) is 0. The summed E-state index contributed by atoms with van der Waals surface area (Å²) in [6.07, 6.45) is 3.27. The van der Waals surface area contributed by atoms with Crippen molar-refractivity contribution < 1.29 is 14.3 Å². The van der Waals surface area contributed by atoms with E-state index in [0.29, 0.717) is 24.6 Å². The Hall–Kier alpha value is -1.49. The van der Waals surface area contributed by atoms with E-state index in [1.165, 1.54) is 0 Å². The van der Waals surface area contributed by atoms with Gasteiger partial charge in [-0.3, -0.25) is 0 Å². The van der Waals surface area contributed by atoms with Crippen LogP contribution in [0.5, 0.6) is 0 Å². The first kappa shape index (κ1) is 13.0. The number of rotatable bonds is 3. The van der Waals surface area contributed by atoms with Crippen molar-refractivity contribution in [2.75, 3.05) is 18.9 Å². The summed E-state index contributed by atoms with van der Waals surface area (Å²) in [5.41, 5.74) is 6.85. The van der Waals surface area contributed by atoms with E-state index in [-0.39, 0.29) is 18.1 Å². The van der Waals surface area contributed by atoms with E-state index in [2.05, 4.69) is 0 Å². The van der Waals surface area contributed by atoms with Crippen molar-refractivity contribution >= 4 is 11.7 Å². The minimum atomic E-state index is -0.299. The molecular weight excluding hydrogens is 232 g/mol. The van der Waals surface area contributed by atoms with Gasteiger partial charge in [0.05, 0.1) is 18.9 Å². The molecule has 0 atom stereocenters. The molecule has 2 heterocycles. The lowest BCUT2D eigenvalue weighted by atomic mass is 10.1. The summed E-state index contributed by atoms with van der Waals surface area (Å²) in [5, 5.41) is 0. The van der Waals surface area contributed by atoms with Gasteiger partial charge in [0.2, 0.25) is 0 Å². The Balaban J connectivity index is 2.08. The van der Waals surface area contributed by atoms with E-state index in [1.807, 2.05) is 18.4 Å². The molecule has 1 aromatic rings.